The molecule has 0 aliphatic rings. The molecule has 3 aromatic heterocycles. The predicted molar refractivity (Wildman–Crippen MR) is 69.3 cm³/mol. The zero-order valence-corrected chi connectivity index (χ0v) is 10.0. The summed E-state index contributed by atoms with van der Waals surface area (Å²) in [4.78, 5) is 8.48. The zero-order chi connectivity index (χ0) is 12.4. The first-order valence-corrected chi connectivity index (χ1v) is 5.78. The molecule has 3 heterocycles. The van der Waals surface area contributed by atoms with E-state index >= 15 is 0 Å². The highest BCUT2D eigenvalue weighted by molar-refractivity contribution is 5.44. The third-order valence-electron chi connectivity index (χ3n) is 2.72. The van der Waals surface area contributed by atoms with Gasteiger partial charge in [0, 0.05) is 24.6 Å². The minimum atomic E-state index is 0.633. The van der Waals surface area contributed by atoms with Crippen molar-refractivity contribution in [3.05, 3.63) is 54.0 Å². The molecular weight excluding hydrogens is 226 g/mol. The highest BCUT2D eigenvalue weighted by Crippen LogP contribution is 2.09. The molecule has 1 N–H and O–H groups in total. The lowest BCUT2D eigenvalue weighted by Crippen LogP contribution is -2.01. The van der Waals surface area contributed by atoms with Crippen LogP contribution in [0.25, 0.3) is 5.65 Å². The van der Waals surface area contributed by atoms with Gasteiger partial charge in [0.15, 0.2) is 5.65 Å². The zero-order valence-electron chi connectivity index (χ0n) is 10.0. The summed E-state index contributed by atoms with van der Waals surface area (Å²) < 4.78 is 1.82. The molecule has 18 heavy (non-hydrogen) atoms. The molecule has 3 rings (SSSR count). The van der Waals surface area contributed by atoms with Gasteiger partial charge in [0.25, 0.3) is 0 Å². The van der Waals surface area contributed by atoms with E-state index < -0.39 is 0 Å². The van der Waals surface area contributed by atoms with Crippen LogP contribution >= 0.6 is 0 Å². The number of rotatable bonds is 3. The first-order chi connectivity index (χ1) is 8.83. The van der Waals surface area contributed by atoms with Crippen LogP contribution in [0, 0.1) is 6.92 Å². The van der Waals surface area contributed by atoms with Crippen molar-refractivity contribution in [3.8, 4) is 0 Å². The Labute approximate surface area is 105 Å². The summed E-state index contributed by atoms with van der Waals surface area (Å²) in [7, 11) is 0. The van der Waals surface area contributed by atoms with Gasteiger partial charge >= 0.3 is 0 Å². The molecule has 0 unspecified atom stereocenters. The Balaban J connectivity index is 1.81. The molecule has 0 saturated heterocycles. The van der Waals surface area contributed by atoms with Crippen LogP contribution in [0.3, 0.4) is 0 Å². The molecule has 0 saturated carbocycles. The molecule has 0 amide bonds. The maximum atomic E-state index is 4.41. The quantitative estimate of drug-likeness (QED) is 0.760. The van der Waals surface area contributed by atoms with Gasteiger partial charge in [-0.1, -0.05) is 12.1 Å². The minimum Gasteiger partial charge on any atom is -0.349 e. The van der Waals surface area contributed by atoms with Gasteiger partial charge in [-0.3, -0.25) is 4.98 Å². The lowest BCUT2D eigenvalue weighted by atomic mass is 10.3. The summed E-state index contributed by atoms with van der Waals surface area (Å²) in [5, 5.41) is 7.60. The van der Waals surface area contributed by atoms with Gasteiger partial charge in [-0.15, -0.1) is 5.10 Å². The molecule has 0 bridgehead atoms. The number of aryl methyl sites for hydroxylation is 1. The van der Waals surface area contributed by atoms with E-state index in [0.717, 1.165) is 16.9 Å². The molecule has 5 heteroatoms. The van der Waals surface area contributed by atoms with Crippen LogP contribution < -0.4 is 5.32 Å². The Kier molecular flexibility index (Phi) is 2.64. The molecule has 0 spiro atoms. The number of anilines is 1. The van der Waals surface area contributed by atoms with E-state index in [1.165, 1.54) is 0 Å². The first kappa shape index (κ1) is 10.7. The van der Waals surface area contributed by atoms with Crippen molar-refractivity contribution in [1.29, 1.82) is 0 Å². The Morgan fingerprint density at radius 2 is 2.17 bits per heavy atom. The average Bonchev–Trinajstić information content (AvgIpc) is 2.82. The van der Waals surface area contributed by atoms with Gasteiger partial charge in [-0.05, 0) is 30.7 Å². The highest BCUT2D eigenvalue weighted by atomic mass is 15.3. The largest absolute Gasteiger partial charge is 0.349 e. The van der Waals surface area contributed by atoms with Crippen molar-refractivity contribution < 1.29 is 0 Å². The number of hydrogen-bond acceptors (Lipinski definition) is 4. The molecule has 90 valence electrons. The second-order valence-electron chi connectivity index (χ2n) is 4.09. The number of aromatic nitrogens is 4. The Bertz CT molecular complexity index is 659. The average molecular weight is 239 g/mol. The lowest BCUT2D eigenvalue weighted by molar-refractivity contribution is 0.909. The minimum absolute atomic E-state index is 0.633. The monoisotopic (exact) mass is 239 g/mol. The fraction of sp³-hybridized carbons (Fsp3) is 0.154. The van der Waals surface area contributed by atoms with E-state index in [1.807, 2.05) is 48.0 Å². The Hall–Kier alpha value is -2.43. The van der Waals surface area contributed by atoms with Gasteiger partial charge in [0.1, 0.15) is 0 Å². The van der Waals surface area contributed by atoms with E-state index in [1.54, 1.807) is 6.20 Å². The van der Waals surface area contributed by atoms with Crippen LogP contribution in [0.15, 0.2) is 42.7 Å². The molecular formula is C13H13N5. The van der Waals surface area contributed by atoms with Crippen LogP contribution in [0.5, 0.6) is 0 Å². The van der Waals surface area contributed by atoms with E-state index in [2.05, 4.69) is 20.4 Å². The molecule has 3 aromatic rings. The van der Waals surface area contributed by atoms with Crippen LogP contribution in [-0.4, -0.2) is 19.6 Å². The van der Waals surface area contributed by atoms with Crippen molar-refractivity contribution in [2.75, 3.05) is 5.32 Å². The smallest absolute Gasteiger partial charge is 0.243 e. The third kappa shape index (κ3) is 2.02. The topological polar surface area (TPSA) is 55.1 Å². The Morgan fingerprint density at radius 1 is 1.22 bits per heavy atom. The lowest BCUT2D eigenvalue weighted by Gasteiger charge is -2.00. The summed E-state index contributed by atoms with van der Waals surface area (Å²) in [5.74, 6) is 0.633. The molecule has 0 radical (unpaired) electrons. The van der Waals surface area contributed by atoms with Gasteiger partial charge < -0.3 is 5.32 Å². The summed E-state index contributed by atoms with van der Waals surface area (Å²) >= 11 is 0. The summed E-state index contributed by atoms with van der Waals surface area (Å²) in [6.45, 7) is 2.68. The van der Waals surface area contributed by atoms with Gasteiger partial charge in [0.05, 0.1) is 0 Å². The van der Waals surface area contributed by atoms with Crippen molar-refractivity contribution in [2.45, 2.75) is 13.5 Å². The molecule has 0 aliphatic heterocycles. The third-order valence-corrected chi connectivity index (χ3v) is 2.72. The SMILES string of the molecule is Cc1cccc2nc(NCc3cccnc3)nn12. The molecule has 0 aliphatic carbocycles. The second-order valence-corrected chi connectivity index (χ2v) is 4.09. The summed E-state index contributed by atoms with van der Waals surface area (Å²) in [6.07, 6.45) is 3.59. The van der Waals surface area contributed by atoms with E-state index in [-0.39, 0.29) is 0 Å². The molecule has 0 fully saturated rings. The van der Waals surface area contributed by atoms with Crippen molar-refractivity contribution >= 4 is 11.6 Å². The number of hydrogen-bond donors (Lipinski definition) is 1. The first-order valence-electron chi connectivity index (χ1n) is 5.78. The fourth-order valence-electron chi connectivity index (χ4n) is 1.79. The molecule has 5 nitrogen and oxygen atoms in total. The van der Waals surface area contributed by atoms with Crippen molar-refractivity contribution in [2.24, 2.45) is 0 Å². The number of nitrogens with one attached hydrogen (secondary N) is 1. The second kappa shape index (κ2) is 4.44. The van der Waals surface area contributed by atoms with Gasteiger partial charge in [0.2, 0.25) is 5.95 Å². The van der Waals surface area contributed by atoms with Gasteiger partial charge in [-0.2, -0.15) is 4.98 Å². The van der Waals surface area contributed by atoms with Crippen molar-refractivity contribution in [1.82, 2.24) is 19.6 Å². The highest BCUT2D eigenvalue weighted by Gasteiger charge is 2.04. The van der Waals surface area contributed by atoms with Crippen LogP contribution in [0.2, 0.25) is 0 Å². The van der Waals surface area contributed by atoms with Crippen LogP contribution in [0.4, 0.5) is 5.95 Å². The number of pyridine rings is 2. The van der Waals surface area contributed by atoms with Crippen LogP contribution in [-0.2, 0) is 6.54 Å². The maximum absolute atomic E-state index is 4.41. The van der Waals surface area contributed by atoms with E-state index in [0.29, 0.717) is 12.5 Å². The van der Waals surface area contributed by atoms with Gasteiger partial charge in [-0.25, -0.2) is 4.52 Å². The molecule has 0 aromatic carbocycles. The maximum Gasteiger partial charge on any atom is 0.243 e. The van der Waals surface area contributed by atoms with E-state index in [9.17, 15) is 0 Å². The normalized spacial score (nSPS) is 10.7. The Morgan fingerprint density at radius 3 is 2.94 bits per heavy atom. The number of fused-ring (bicyclic) bond motifs is 1. The van der Waals surface area contributed by atoms with Crippen molar-refractivity contribution in [3.63, 3.8) is 0 Å². The number of nitrogens with zero attached hydrogens (tertiary/aromatic N) is 4. The van der Waals surface area contributed by atoms with Crippen LogP contribution in [0.1, 0.15) is 11.3 Å². The standard InChI is InChI=1S/C13H13N5/c1-10-4-2-6-12-16-13(17-18(10)12)15-9-11-5-3-7-14-8-11/h2-8H,9H2,1H3,(H,15,17). The summed E-state index contributed by atoms with van der Waals surface area (Å²) in [6, 6.07) is 9.85. The molecule has 0 atom stereocenters. The fourth-order valence-corrected chi connectivity index (χ4v) is 1.79. The van der Waals surface area contributed by atoms with E-state index in [4.69, 9.17) is 0 Å². The summed E-state index contributed by atoms with van der Waals surface area (Å²) in [5.41, 5.74) is 3.02. The predicted octanol–water partition coefficient (Wildman–Crippen LogP) is 2.04.